The van der Waals surface area contributed by atoms with E-state index in [1.165, 1.54) is 18.9 Å². The Balaban J connectivity index is 1.79. The average Bonchev–Trinajstić information content (AvgIpc) is 2.90. The van der Waals surface area contributed by atoms with Gasteiger partial charge in [-0.1, -0.05) is 0 Å². The number of nitrogens with two attached hydrogens (primary N) is 1. The molecule has 6 N–H and O–H groups in total. The molecule has 3 rings (SSSR count). The van der Waals surface area contributed by atoms with Crippen LogP contribution in [-0.4, -0.2) is 46.1 Å². The summed E-state index contributed by atoms with van der Waals surface area (Å²) in [5, 5.41) is 24.0. The van der Waals surface area contributed by atoms with Crippen LogP contribution < -0.4 is 21.3 Å². The molecule has 136 valence electrons. The van der Waals surface area contributed by atoms with Gasteiger partial charge in [0.05, 0.1) is 12.3 Å². The van der Waals surface area contributed by atoms with Crippen LogP contribution in [0.25, 0.3) is 0 Å². The lowest BCUT2D eigenvalue weighted by atomic mass is 9.99. The summed E-state index contributed by atoms with van der Waals surface area (Å²) in [6.45, 7) is 1.55. The molecular formula is C17H27N7O. The van der Waals surface area contributed by atoms with Gasteiger partial charge in [0.15, 0.2) is 0 Å². The van der Waals surface area contributed by atoms with E-state index in [0.29, 0.717) is 41.3 Å². The van der Waals surface area contributed by atoms with Crippen molar-refractivity contribution in [2.45, 2.75) is 57.3 Å². The van der Waals surface area contributed by atoms with Gasteiger partial charge in [0.2, 0.25) is 5.95 Å². The molecule has 2 unspecified atom stereocenters. The van der Waals surface area contributed by atoms with Crippen molar-refractivity contribution in [1.29, 1.82) is 5.41 Å². The van der Waals surface area contributed by atoms with Crippen LogP contribution in [0.1, 0.15) is 38.3 Å². The highest BCUT2D eigenvalue weighted by atomic mass is 16.3. The molecule has 2 bridgehead atoms. The Morgan fingerprint density at radius 3 is 2.72 bits per heavy atom. The second kappa shape index (κ2) is 7.37. The molecule has 1 aromatic rings. The number of aromatic nitrogens is 2. The zero-order valence-electron chi connectivity index (χ0n) is 14.8. The summed E-state index contributed by atoms with van der Waals surface area (Å²) in [5.41, 5.74) is 6.67. The fourth-order valence-electron chi connectivity index (χ4n) is 3.69. The van der Waals surface area contributed by atoms with Gasteiger partial charge in [-0.2, -0.15) is 4.98 Å². The first-order valence-corrected chi connectivity index (χ1v) is 8.71. The molecule has 0 amide bonds. The van der Waals surface area contributed by atoms with Crippen LogP contribution in [-0.2, 0) is 6.61 Å². The summed E-state index contributed by atoms with van der Waals surface area (Å²) in [6.07, 6.45) is 6.15. The van der Waals surface area contributed by atoms with Crippen molar-refractivity contribution in [3.8, 4) is 0 Å². The number of rotatable bonds is 5. The largest absolute Gasteiger partial charge is 0.402 e. The highest BCUT2D eigenvalue weighted by Crippen LogP contribution is 2.30. The molecule has 8 nitrogen and oxygen atoms in total. The molecule has 1 aromatic heterocycles. The predicted molar refractivity (Wildman–Crippen MR) is 98.6 cm³/mol. The van der Waals surface area contributed by atoms with Crippen LogP contribution >= 0.6 is 0 Å². The van der Waals surface area contributed by atoms with Gasteiger partial charge in [0.1, 0.15) is 11.7 Å². The van der Waals surface area contributed by atoms with E-state index >= 15 is 0 Å². The lowest BCUT2D eigenvalue weighted by Gasteiger charge is -2.35. The van der Waals surface area contributed by atoms with Crippen molar-refractivity contribution in [1.82, 2.24) is 15.3 Å². The van der Waals surface area contributed by atoms with Gasteiger partial charge >= 0.3 is 0 Å². The number of nitrogens with zero attached hydrogens (tertiary/aromatic N) is 3. The topological polar surface area (TPSA) is 123 Å². The van der Waals surface area contributed by atoms with Gasteiger partial charge in [-0.15, -0.1) is 0 Å². The number of aliphatic hydroxyl groups excluding tert-OH is 1. The molecule has 0 spiro atoms. The van der Waals surface area contributed by atoms with Gasteiger partial charge in [-0.25, -0.2) is 4.98 Å². The zero-order valence-corrected chi connectivity index (χ0v) is 14.8. The maximum atomic E-state index is 9.52. The van der Waals surface area contributed by atoms with Crippen LogP contribution in [0.5, 0.6) is 0 Å². The summed E-state index contributed by atoms with van der Waals surface area (Å²) in [7, 11) is 2.00. The number of fused-ring (bicyclic) bond motifs is 2. The summed E-state index contributed by atoms with van der Waals surface area (Å²) in [4.78, 5) is 11.1. The number of nitrogens with one attached hydrogen (secondary N) is 3. The van der Waals surface area contributed by atoms with E-state index in [9.17, 15) is 5.11 Å². The number of hydrogen-bond donors (Lipinski definition) is 5. The number of allylic oxidation sites excluding steroid dienone is 1. The Kier molecular flexibility index (Phi) is 5.19. The minimum absolute atomic E-state index is 0.149. The molecule has 2 saturated heterocycles. The van der Waals surface area contributed by atoms with Gasteiger partial charge in [0.25, 0.3) is 0 Å². The molecule has 2 aliphatic rings. The molecule has 0 saturated carbocycles. The molecular weight excluding hydrogens is 318 g/mol. The van der Waals surface area contributed by atoms with Crippen LogP contribution in [0.4, 0.5) is 11.8 Å². The smallest absolute Gasteiger partial charge is 0.227 e. The Morgan fingerprint density at radius 2 is 2.12 bits per heavy atom. The summed E-state index contributed by atoms with van der Waals surface area (Å²) >= 11 is 0. The first-order chi connectivity index (χ1) is 11.9. The maximum Gasteiger partial charge on any atom is 0.227 e. The summed E-state index contributed by atoms with van der Waals surface area (Å²) in [6, 6.07) is 3.19. The van der Waals surface area contributed by atoms with E-state index in [4.69, 9.17) is 11.1 Å². The Bertz CT molecular complexity index is 659. The van der Waals surface area contributed by atoms with E-state index < -0.39 is 0 Å². The molecule has 8 heteroatoms. The van der Waals surface area contributed by atoms with Crippen LogP contribution in [0.3, 0.4) is 0 Å². The molecule has 3 heterocycles. The standard InChI is InChI=1S/C17H27N7O/c1-10(18)5-15(19)22-16-8-13(9-25)21-17(23-16)24(2)14-6-11-3-4-12(7-14)20-11/h5,8,11-12,14,20,25H,3-4,6-7,9,18H2,1-2H3,(H2,19,21,22,23)/b10-5-. The highest BCUT2D eigenvalue weighted by molar-refractivity contribution is 6.01. The van der Waals surface area contributed by atoms with Gasteiger partial charge in [-0.05, 0) is 38.7 Å². The molecule has 25 heavy (non-hydrogen) atoms. The van der Waals surface area contributed by atoms with E-state index in [2.05, 4.69) is 25.5 Å². The number of aliphatic hydroxyl groups is 1. The minimum Gasteiger partial charge on any atom is -0.402 e. The summed E-state index contributed by atoms with van der Waals surface area (Å²) in [5.74, 6) is 1.21. The summed E-state index contributed by atoms with van der Waals surface area (Å²) < 4.78 is 0. The number of piperidine rings is 1. The molecule has 0 aromatic carbocycles. The maximum absolute atomic E-state index is 9.52. The van der Waals surface area contributed by atoms with Crippen molar-refractivity contribution in [2.75, 3.05) is 17.3 Å². The number of hydrogen-bond acceptors (Lipinski definition) is 7. The van der Waals surface area contributed by atoms with Gasteiger partial charge in [-0.3, -0.25) is 5.41 Å². The number of anilines is 2. The number of amidine groups is 1. The van der Waals surface area contributed by atoms with Crippen LogP contribution in [0, 0.1) is 5.41 Å². The lowest BCUT2D eigenvalue weighted by molar-refractivity contribution is 0.276. The normalized spacial score (nSPS) is 25.7. The fraction of sp³-hybridized carbons (Fsp3) is 0.588. The highest BCUT2D eigenvalue weighted by Gasteiger charge is 2.35. The predicted octanol–water partition coefficient (Wildman–Crippen LogP) is 0.940. The van der Waals surface area contributed by atoms with Crippen LogP contribution in [0.15, 0.2) is 17.8 Å². The van der Waals surface area contributed by atoms with Crippen molar-refractivity contribution < 1.29 is 5.11 Å². The molecule has 2 aliphatic heterocycles. The Labute approximate surface area is 148 Å². The Morgan fingerprint density at radius 1 is 1.44 bits per heavy atom. The van der Waals surface area contributed by atoms with E-state index in [1.54, 1.807) is 13.0 Å². The second-order valence-corrected chi connectivity index (χ2v) is 7.00. The third-order valence-corrected chi connectivity index (χ3v) is 4.88. The monoisotopic (exact) mass is 345 g/mol. The molecule has 2 atom stereocenters. The van der Waals surface area contributed by atoms with Crippen LogP contribution in [0.2, 0.25) is 0 Å². The van der Waals surface area contributed by atoms with E-state index in [1.807, 2.05) is 7.05 Å². The second-order valence-electron chi connectivity index (χ2n) is 7.00. The van der Waals surface area contributed by atoms with Crippen molar-refractivity contribution in [2.24, 2.45) is 5.73 Å². The van der Waals surface area contributed by atoms with E-state index in [0.717, 1.165) is 12.8 Å². The Hall–Kier alpha value is -2.19. The van der Waals surface area contributed by atoms with Crippen molar-refractivity contribution in [3.05, 3.63) is 23.5 Å². The molecule has 0 radical (unpaired) electrons. The van der Waals surface area contributed by atoms with Crippen molar-refractivity contribution in [3.63, 3.8) is 0 Å². The minimum atomic E-state index is -0.172. The first-order valence-electron chi connectivity index (χ1n) is 8.71. The third kappa shape index (κ3) is 4.26. The quantitative estimate of drug-likeness (QED) is 0.397. The van der Waals surface area contributed by atoms with Gasteiger partial charge < -0.3 is 26.4 Å². The fourth-order valence-corrected chi connectivity index (χ4v) is 3.69. The first kappa shape index (κ1) is 17.6. The molecule has 2 fully saturated rings. The van der Waals surface area contributed by atoms with Gasteiger partial charge in [0, 0.05) is 36.9 Å². The van der Waals surface area contributed by atoms with E-state index in [-0.39, 0.29) is 12.4 Å². The molecule has 0 aliphatic carbocycles. The SMILES string of the molecule is C/C(N)=C/C(=N)Nc1cc(CO)nc(N(C)C2CC3CCC(C2)N3)n1. The van der Waals surface area contributed by atoms with Crippen molar-refractivity contribution >= 4 is 17.6 Å². The third-order valence-electron chi connectivity index (χ3n) is 4.88. The zero-order chi connectivity index (χ0) is 18.0. The lowest BCUT2D eigenvalue weighted by Crippen LogP contribution is -2.47. The average molecular weight is 345 g/mol.